The molecule has 1 atom stereocenters. The van der Waals surface area contributed by atoms with E-state index in [1.54, 1.807) is 0 Å². The third-order valence-corrected chi connectivity index (χ3v) is 3.83. The highest BCUT2D eigenvalue weighted by atomic mass is 16.3. The van der Waals surface area contributed by atoms with E-state index in [2.05, 4.69) is 17.1 Å². The summed E-state index contributed by atoms with van der Waals surface area (Å²) in [6, 6.07) is 5.48. The van der Waals surface area contributed by atoms with E-state index in [0.29, 0.717) is 0 Å². The molecular formula is C15H24N2O2. The molecule has 0 amide bonds. The highest BCUT2D eigenvalue weighted by Crippen LogP contribution is 2.37. The zero-order valence-electron chi connectivity index (χ0n) is 11.6. The summed E-state index contributed by atoms with van der Waals surface area (Å²) in [7, 11) is 0. The molecule has 1 aliphatic rings. The topological polar surface area (TPSA) is 55.7 Å². The molecule has 0 aliphatic carbocycles. The number of nitrogens with one attached hydrogen (secondary N) is 1. The molecule has 0 unspecified atom stereocenters. The fourth-order valence-corrected chi connectivity index (χ4v) is 2.74. The maximum absolute atomic E-state index is 10.1. The average molecular weight is 264 g/mol. The Morgan fingerprint density at radius 1 is 1.26 bits per heavy atom. The lowest BCUT2D eigenvalue weighted by molar-refractivity contribution is 0.160. The van der Waals surface area contributed by atoms with Crippen LogP contribution in [0.15, 0.2) is 18.2 Å². The second kappa shape index (κ2) is 6.78. The van der Waals surface area contributed by atoms with E-state index in [4.69, 9.17) is 0 Å². The number of hydrogen-bond acceptors (Lipinski definition) is 4. The third-order valence-electron chi connectivity index (χ3n) is 3.83. The molecule has 1 heterocycles. The van der Waals surface area contributed by atoms with Crippen molar-refractivity contribution in [2.45, 2.75) is 32.2 Å². The Balaban J connectivity index is 2.22. The molecule has 1 aliphatic heterocycles. The number of para-hydroxylation sites is 1. The lowest BCUT2D eigenvalue weighted by atomic mass is 9.97. The van der Waals surface area contributed by atoms with Crippen molar-refractivity contribution in [2.24, 2.45) is 0 Å². The molecule has 1 saturated heterocycles. The van der Waals surface area contributed by atoms with Gasteiger partial charge in [-0.15, -0.1) is 0 Å². The molecule has 1 fully saturated rings. The number of phenols is 2. The van der Waals surface area contributed by atoms with Crippen molar-refractivity contribution in [3.63, 3.8) is 0 Å². The van der Waals surface area contributed by atoms with Gasteiger partial charge < -0.3 is 15.5 Å². The zero-order chi connectivity index (χ0) is 13.7. The standard InChI is InChI=1S/C15H24N2O2/c1-2-3-6-13(17-10-8-16-9-11-17)12-5-4-7-14(18)15(12)19/h4-5,7,13,16,18-19H,2-3,6,8-11H2,1H3/t13-/m0/s1. The minimum absolute atomic E-state index is 0.0193. The van der Waals surface area contributed by atoms with Crippen LogP contribution in [0.5, 0.6) is 11.5 Å². The Bertz CT molecular complexity index is 403. The van der Waals surface area contributed by atoms with E-state index < -0.39 is 0 Å². The minimum Gasteiger partial charge on any atom is -0.504 e. The van der Waals surface area contributed by atoms with E-state index >= 15 is 0 Å². The second-order valence-electron chi connectivity index (χ2n) is 5.16. The predicted octanol–water partition coefficient (Wildman–Crippen LogP) is 2.23. The van der Waals surface area contributed by atoms with Crippen molar-refractivity contribution < 1.29 is 10.2 Å². The van der Waals surface area contributed by atoms with Crippen molar-refractivity contribution >= 4 is 0 Å². The maximum Gasteiger partial charge on any atom is 0.162 e. The molecule has 4 nitrogen and oxygen atoms in total. The van der Waals surface area contributed by atoms with Gasteiger partial charge in [0.25, 0.3) is 0 Å². The first-order valence-electron chi connectivity index (χ1n) is 7.19. The summed E-state index contributed by atoms with van der Waals surface area (Å²) in [5, 5.41) is 23.1. The summed E-state index contributed by atoms with van der Waals surface area (Å²) in [5.41, 5.74) is 0.857. The largest absolute Gasteiger partial charge is 0.504 e. The molecule has 0 spiro atoms. The first-order chi connectivity index (χ1) is 9.24. The summed E-state index contributed by atoms with van der Waals surface area (Å²) in [6.45, 7) is 6.13. The van der Waals surface area contributed by atoms with Crippen LogP contribution in [0.1, 0.15) is 37.8 Å². The molecule has 2 rings (SSSR count). The molecule has 0 bridgehead atoms. The van der Waals surface area contributed by atoms with Crippen molar-refractivity contribution in [1.82, 2.24) is 10.2 Å². The normalized spacial score (nSPS) is 18.4. The van der Waals surface area contributed by atoms with Crippen LogP contribution < -0.4 is 5.32 Å². The van der Waals surface area contributed by atoms with Gasteiger partial charge in [0.2, 0.25) is 0 Å². The number of nitrogens with zero attached hydrogens (tertiary/aromatic N) is 1. The van der Waals surface area contributed by atoms with Crippen molar-refractivity contribution in [2.75, 3.05) is 26.2 Å². The Hall–Kier alpha value is -1.26. The number of rotatable bonds is 5. The average Bonchev–Trinajstić information content (AvgIpc) is 2.45. The molecule has 1 aromatic carbocycles. The first-order valence-corrected chi connectivity index (χ1v) is 7.19. The van der Waals surface area contributed by atoms with E-state index in [-0.39, 0.29) is 17.5 Å². The zero-order valence-corrected chi connectivity index (χ0v) is 11.6. The Morgan fingerprint density at radius 2 is 2.00 bits per heavy atom. The fourth-order valence-electron chi connectivity index (χ4n) is 2.74. The van der Waals surface area contributed by atoms with Gasteiger partial charge in [-0.2, -0.15) is 0 Å². The molecule has 0 saturated carbocycles. The third kappa shape index (κ3) is 3.39. The number of aromatic hydroxyl groups is 2. The van der Waals surface area contributed by atoms with Gasteiger partial charge in [0.05, 0.1) is 0 Å². The number of hydrogen-bond donors (Lipinski definition) is 3. The van der Waals surface area contributed by atoms with Gasteiger partial charge in [0.1, 0.15) is 0 Å². The van der Waals surface area contributed by atoms with Crippen LogP contribution in [0.2, 0.25) is 0 Å². The summed E-state index contributed by atoms with van der Waals surface area (Å²) >= 11 is 0. The highest BCUT2D eigenvalue weighted by molar-refractivity contribution is 5.46. The predicted molar refractivity (Wildman–Crippen MR) is 76.5 cm³/mol. The van der Waals surface area contributed by atoms with Crippen molar-refractivity contribution in [3.05, 3.63) is 23.8 Å². The van der Waals surface area contributed by atoms with Gasteiger partial charge in [-0.05, 0) is 12.5 Å². The van der Waals surface area contributed by atoms with Crippen LogP contribution in [-0.4, -0.2) is 41.3 Å². The van der Waals surface area contributed by atoms with Crippen LogP contribution in [-0.2, 0) is 0 Å². The monoisotopic (exact) mass is 264 g/mol. The molecule has 0 aromatic heterocycles. The molecule has 106 valence electrons. The van der Waals surface area contributed by atoms with Gasteiger partial charge in [0, 0.05) is 37.8 Å². The molecular weight excluding hydrogens is 240 g/mol. The summed E-state index contributed by atoms with van der Waals surface area (Å²) in [5.74, 6) is 0.0243. The smallest absolute Gasteiger partial charge is 0.162 e. The minimum atomic E-state index is -0.0193. The lowest BCUT2D eigenvalue weighted by Crippen LogP contribution is -2.45. The Morgan fingerprint density at radius 3 is 2.68 bits per heavy atom. The van der Waals surface area contributed by atoms with E-state index in [9.17, 15) is 10.2 Å². The van der Waals surface area contributed by atoms with Crippen LogP contribution in [0.4, 0.5) is 0 Å². The SMILES string of the molecule is CCCC[C@@H](c1cccc(O)c1O)N1CCNCC1. The molecule has 0 radical (unpaired) electrons. The molecule has 4 heteroatoms. The Kier molecular flexibility index (Phi) is 5.05. The second-order valence-corrected chi connectivity index (χ2v) is 5.16. The van der Waals surface area contributed by atoms with Crippen LogP contribution >= 0.6 is 0 Å². The van der Waals surface area contributed by atoms with E-state index in [0.717, 1.165) is 51.0 Å². The number of benzene rings is 1. The summed E-state index contributed by atoms with van der Waals surface area (Å²) in [4.78, 5) is 2.40. The Labute approximate surface area is 115 Å². The van der Waals surface area contributed by atoms with Gasteiger partial charge >= 0.3 is 0 Å². The van der Waals surface area contributed by atoms with Crippen LogP contribution in [0, 0.1) is 0 Å². The number of unbranched alkanes of at least 4 members (excludes halogenated alkanes) is 1. The number of phenolic OH excluding ortho intramolecular Hbond substituents is 2. The quantitative estimate of drug-likeness (QED) is 0.714. The van der Waals surface area contributed by atoms with Crippen molar-refractivity contribution in [3.8, 4) is 11.5 Å². The number of piperazine rings is 1. The summed E-state index contributed by atoms with van der Waals surface area (Å²) < 4.78 is 0. The molecule has 3 N–H and O–H groups in total. The van der Waals surface area contributed by atoms with Gasteiger partial charge in [-0.1, -0.05) is 31.9 Å². The van der Waals surface area contributed by atoms with Gasteiger partial charge in [-0.25, -0.2) is 0 Å². The first kappa shape index (κ1) is 14.2. The van der Waals surface area contributed by atoms with E-state index in [1.807, 2.05) is 12.1 Å². The summed E-state index contributed by atoms with van der Waals surface area (Å²) in [6.07, 6.45) is 3.29. The fraction of sp³-hybridized carbons (Fsp3) is 0.600. The maximum atomic E-state index is 10.1. The van der Waals surface area contributed by atoms with Crippen molar-refractivity contribution in [1.29, 1.82) is 0 Å². The molecule has 1 aromatic rings. The van der Waals surface area contributed by atoms with Crippen LogP contribution in [0.25, 0.3) is 0 Å². The highest BCUT2D eigenvalue weighted by Gasteiger charge is 2.24. The van der Waals surface area contributed by atoms with Gasteiger partial charge in [0.15, 0.2) is 11.5 Å². The van der Waals surface area contributed by atoms with E-state index in [1.165, 1.54) is 6.07 Å². The lowest BCUT2D eigenvalue weighted by Gasteiger charge is -2.35. The van der Waals surface area contributed by atoms with Gasteiger partial charge in [-0.3, -0.25) is 4.90 Å². The van der Waals surface area contributed by atoms with Crippen LogP contribution in [0.3, 0.4) is 0 Å². The molecule has 19 heavy (non-hydrogen) atoms.